The Morgan fingerprint density at radius 1 is 1.23 bits per heavy atom. The monoisotopic (exact) mass is 436 g/mol. The third kappa shape index (κ3) is 3.26. The molecule has 0 N–H and O–H groups in total. The highest BCUT2D eigenvalue weighted by Crippen LogP contribution is 2.43. The van der Waals surface area contributed by atoms with Gasteiger partial charge in [0.15, 0.2) is 0 Å². The predicted octanol–water partition coefficient (Wildman–Crippen LogP) is 3.11. The van der Waals surface area contributed by atoms with E-state index in [4.69, 9.17) is 10.00 Å². The number of alkyl halides is 3. The summed E-state index contributed by atoms with van der Waals surface area (Å²) in [6, 6.07) is 1.42. The minimum Gasteiger partial charge on any atom is -0.444 e. The molecule has 0 saturated carbocycles. The van der Waals surface area contributed by atoms with Gasteiger partial charge in [-0.2, -0.15) is 18.4 Å². The second kappa shape index (κ2) is 6.60. The number of halogens is 3. The smallest absolute Gasteiger partial charge is 0.417 e. The van der Waals surface area contributed by atoms with Crippen molar-refractivity contribution in [2.45, 2.75) is 57.1 Å². The Morgan fingerprint density at radius 2 is 1.90 bits per heavy atom. The van der Waals surface area contributed by atoms with Crippen LogP contribution in [0.1, 0.15) is 38.3 Å². The molecule has 4 rings (SSSR count). The Bertz CT molecular complexity index is 1030. The lowest BCUT2D eigenvalue weighted by atomic mass is 10.1. The van der Waals surface area contributed by atoms with Crippen molar-refractivity contribution in [3.63, 3.8) is 0 Å². The van der Waals surface area contributed by atoms with Crippen molar-refractivity contribution in [3.8, 4) is 6.07 Å². The average molecular weight is 436 g/mol. The fraction of sp³-hybridized carbons (Fsp3) is 0.500. The third-order valence-electron chi connectivity index (χ3n) is 5.58. The number of piperazine rings is 1. The van der Waals surface area contributed by atoms with E-state index in [0.717, 1.165) is 12.1 Å². The number of carbonyl (C=O) groups is 3. The van der Waals surface area contributed by atoms with E-state index in [0.29, 0.717) is 17.4 Å². The molecule has 3 aliphatic rings. The van der Waals surface area contributed by atoms with Crippen LogP contribution in [-0.4, -0.2) is 58.1 Å². The Morgan fingerprint density at radius 3 is 2.48 bits per heavy atom. The summed E-state index contributed by atoms with van der Waals surface area (Å²) in [4.78, 5) is 42.0. The van der Waals surface area contributed by atoms with E-state index >= 15 is 0 Å². The quantitative estimate of drug-likeness (QED) is 0.631. The molecule has 8 nitrogen and oxygen atoms in total. The number of fused-ring (bicyclic) bond motifs is 5. The first-order valence-corrected chi connectivity index (χ1v) is 9.60. The number of ether oxygens (including phenoxy) is 1. The van der Waals surface area contributed by atoms with Crippen LogP contribution in [-0.2, 0) is 15.7 Å². The van der Waals surface area contributed by atoms with Gasteiger partial charge in [-0.1, -0.05) is 0 Å². The van der Waals surface area contributed by atoms with Crippen molar-refractivity contribution in [3.05, 3.63) is 29.3 Å². The first kappa shape index (κ1) is 21.0. The van der Waals surface area contributed by atoms with Gasteiger partial charge < -0.3 is 14.5 Å². The molecule has 31 heavy (non-hydrogen) atoms. The zero-order valence-corrected chi connectivity index (χ0v) is 16.9. The topological polar surface area (TPSA) is 94.0 Å². The largest absolute Gasteiger partial charge is 0.444 e. The first-order valence-electron chi connectivity index (χ1n) is 9.60. The van der Waals surface area contributed by atoms with Crippen molar-refractivity contribution in [2.24, 2.45) is 0 Å². The molecule has 1 aromatic rings. The van der Waals surface area contributed by atoms with E-state index in [1.807, 2.05) is 0 Å². The van der Waals surface area contributed by atoms with Crippen LogP contribution >= 0.6 is 0 Å². The number of benzene rings is 1. The lowest BCUT2D eigenvalue weighted by Crippen LogP contribution is -2.55. The van der Waals surface area contributed by atoms with E-state index in [2.05, 4.69) is 0 Å². The number of carbonyl (C=O) groups excluding carboxylic acids is 3. The Labute approximate surface area is 175 Å². The molecular formula is C20H19F3N4O4. The second-order valence-electron chi connectivity index (χ2n) is 8.74. The number of nitriles is 1. The van der Waals surface area contributed by atoms with Crippen LogP contribution in [0.4, 0.5) is 28.4 Å². The van der Waals surface area contributed by atoms with Crippen molar-refractivity contribution in [2.75, 3.05) is 11.4 Å². The van der Waals surface area contributed by atoms with Crippen LogP contribution in [0.15, 0.2) is 18.2 Å². The van der Waals surface area contributed by atoms with Gasteiger partial charge in [0.1, 0.15) is 11.6 Å². The summed E-state index contributed by atoms with van der Waals surface area (Å²) in [5, 5.41) is 8.96. The number of nitrogens with zero attached hydrogens (tertiary/aromatic N) is 4. The van der Waals surface area contributed by atoms with Crippen molar-refractivity contribution < 1.29 is 32.3 Å². The van der Waals surface area contributed by atoms with Gasteiger partial charge in [0.2, 0.25) is 0 Å². The Hall–Kier alpha value is -3.29. The number of urea groups is 1. The van der Waals surface area contributed by atoms with E-state index in [9.17, 15) is 27.6 Å². The molecule has 3 atom stereocenters. The molecule has 3 heterocycles. The summed E-state index contributed by atoms with van der Waals surface area (Å²) >= 11 is 0. The molecule has 1 aromatic carbocycles. The van der Waals surface area contributed by atoms with Crippen LogP contribution < -0.4 is 4.90 Å². The molecule has 0 radical (unpaired) electrons. The number of imide groups is 1. The SMILES string of the molecule is CC(C)(C)OC(=O)N1CC2CC1[C@H]1C(=O)N(c3ccc(C#N)c(C(F)(F)F)c3)C(=O)N21. The number of rotatable bonds is 1. The van der Waals surface area contributed by atoms with Gasteiger partial charge in [-0.25, -0.2) is 14.5 Å². The molecule has 0 spiro atoms. The van der Waals surface area contributed by atoms with E-state index in [1.165, 1.54) is 15.9 Å². The second-order valence-corrected chi connectivity index (χ2v) is 8.74. The summed E-state index contributed by atoms with van der Waals surface area (Å²) in [6.07, 6.45) is -5.03. The summed E-state index contributed by atoms with van der Waals surface area (Å²) in [5.41, 5.74) is -2.83. The van der Waals surface area contributed by atoms with Crippen LogP contribution in [0.2, 0.25) is 0 Å². The third-order valence-corrected chi connectivity index (χ3v) is 5.58. The van der Waals surface area contributed by atoms with Crippen molar-refractivity contribution in [1.82, 2.24) is 9.80 Å². The van der Waals surface area contributed by atoms with Crippen molar-refractivity contribution >= 4 is 23.7 Å². The molecule has 3 saturated heterocycles. The number of likely N-dealkylation sites (tertiary alicyclic amines) is 1. The molecule has 11 heteroatoms. The van der Waals surface area contributed by atoms with Gasteiger partial charge >= 0.3 is 18.3 Å². The molecule has 3 aliphatic heterocycles. The highest BCUT2D eigenvalue weighted by molar-refractivity contribution is 6.22. The lowest BCUT2D eigenvalue weighted by Gasteiger charge is -2.35. The summed E-state index contributed by atoms with van der Waals surface area (Å²) in [7, 11) is 0. The van der Waals surface area contributed by atoms with Crippen LogP contribution in [0, 0.1) is 11.3 Å². The normalized spacial score (nSPS) is 25.2. The summed E-state index contributed by atoms with van der Waals surface area (Å²) in [5.74, 6) is -0.705. The van der Waals surface area contributed by atoms with E-state index in [1.54, 1.807) is 20.8 Å². The molecule has 4 amide bonds. The highest BCUT2D eigenvalue weighted by Gasteiger charge is 2.63. The van der Waals surface area contributed by atoms with E-state index < -0.39 is 59.1 Å². The summed E-state index contributed by atoms with van der Waals surface area (Å²) in [6.45, 7) is 5.31. The maximum atomic E-state index is 13.3. The van der Waals surface area contributed by atoms with Gasteiger partial charge in [0.05, 0.1) is 35.0 Å². The first-order chi connectivity index (χ1) is 14.3. The Kier molecular flexibility index (Phi) is 4.46. The maximum Gasteiger partial charge on any atom is 0.417 e. The molecule has 164 valence electrons. The van der Waals surface area contributed by atoms with Gasteiger partial charge in [-0.3, -0.25) is 4.79 Å². The van der Waals surface area contributed by atoms with Crippen LogP contribution in [0.25, 0.3) is 0 Å². The number of amides is 4. The van der Waals surface area contributed by atoms with Crippen LogP contribution in [0.5, 0.6) is 0 Å². The van der Waals surface area contributed by atoms with Crippen LogP contribution in [0.3, 0.4) is 0 Å². The zero-order valence-electron chi connectivity index (χ0n) is 16.9. The number of hydrogen-bond donors (Lipinski definition) is 0. The maximum absolute atomic E-state index is 13.3. The van der Waals surface area contributed by atoms with E-state index in [-0.39, 0.29) is 12.2 Å². The average Bonchev–Trinajstić information content (AvgIpc) is 3.31. The number of hydrogen-bond acceptors (Lipinski definition) is 5. The Balaban J connectivity index is 1.65. The minimum atomic E-state index is -4.82. The predicted molar refractivity (Wildman–Crippen MR) is 99.8 cm³/mol. The molecular weight excluding hydrogens is 417 g/mol. The minimum absolute atomic E-state index is 0.185. The highest BCUT2D eigenvalue weighted by atomic mass is 19.4. The fourth-order valence-corrected chi connectivity index (χ4v) is 4.43. The van der Waals surface area contributed by atoms with Gasteiger partial charge in [0, 0.05) is 6.54 Å². The molecule has 0 aliphatic carbocycles. The molecule has 2 bridgehead atoms. The summed E-state index contributed by atoms with van der Waals surface area (Å²) < 4.78 is 45.4. The number of anilines is 1. The fourth-order valence-electron chi connectivity index (χ4n) is 4.43. The van der Waals surface area contributed by atoms with Gasteiger partial charge in [-0.05, 0) is 45.4 Å². The van der Waals surface area contributed by atoms with Crippen molar-refractivity contribution in [1.29, 1.82) is 5.26 Å². The lowest BCUT2D eigenvalue weighted by molar-refractivity contribution is -0.137. The molecule has 3 fully saturated rings. The molecule has 0 aromatic heterocycles. The zero-order chi connectivity index (χ0) is 22.9. The van der Waals surface area contributed by atoms with Gasteiger partial charge in [0.25, 0.3) is 5.91 Å². The molecule has 2 unspecified atom stereocenters. The standard InChI is InChI=1S/C20H19F3N4O4/c1-19(2,3)31-18(30)25-9-12-7-14(25)15-16(28)27(17(29)26(12)15)11-5-4-10(8-24)13(6-11)20(21,22)23/h4-6,12,14-15H,7,9H2,1-3H3/t12?,14?,15-/m0/s1. The van der Waals surface area contributed by atoms with Gasteiger partial charge in [-0.15, -0.1) is 0 Å².